The van der Waals surface area contributed by atoms with Crippen LogP contribution < -0.4 is 15.6 Å². The Bertz CT molecular complexity index is 1070. The number of rotatable bonds is 4. The van der Waals surface area contributed by atoms with Crippen LogP contribution >= 0.6 is 11.3 Å². The third kappa shape index (κ3) is 2.66. The number of anilines is 1. The maximum Gasteiger partial charge on any atom is 0.266 e. The maximum absolute atomic E-state index is 12.8. The molecule has 0 saturated carbocycles. The second-order valence-electron chi connectivity index (χ2n) is 6.07. The number of nitrogens with zero attached hydrogens (tertiary/aromatic N) is 3. The van der Waals surface area contributed by atoms with Gasteiger partial charge >= 0.3 is 0 Å². The molecule has 0 fully saturated rings. The van der Waals surface area contributed by atoms with Gasteiger partial charge in [-0.25, -0.2) is 9.97 Å². The molecule has 0 bridgehead atoms. The van der Waals surface area contributed by atoms with E-state index >= 15 is 0 Å². The molecule has 0 aromatic carbocycles. The Labute approximate surface area is 153 Å². The zero-order valence-corrected chi connectivity index (χ0v) is 15.4. The summed E-state index contributed by atoms with van der Waals surface area (Å²) in [4.78, 5) is 35.4. The van der Waals surface area contributed by atoms with Crippen molar-refractivity contribution in [2.45, 2.75) is 33.2 Å². The number of pyridine rings is 1. The number of carbonyl (C=O) groups is 1. The smallest absolute Gasteiger partial charge is 0.266 e. The lowest BCUT2D eigenvalue weighted by atomic mass is 10.2. The molecule has 7 nitrogen and oxygen atoms in total. The van der Waals surface area contributed by atoms with Gasteiger partial charge in [-0.2, -0.15) is 0 Å². The predicted molar refractivity (Wildman–Crippen MR) is 100 cm³/mol. The van der Waals surface area contributed by atoms with E-state index in [1.807, 2.05) is 6.92 Å². The van der Waals surface area contributed by atoms with E-state index < -0.39 is 0 Å². The molecule has 3 aromatic heterocycles. The molecule has 0 radical (unpaired) electrons. The summed E-state index contributed by atoms with van der Waals surface area (Å²) in [7, 11) is 0. The fourth-order valence-corrected chi connectivity index (χ4v) is 4.29. The molecule has 134 valence electrons. The van der Waals surface area contributed by atoms with Gasteiger partial charge in [-0.3, -0.25) is 14.2 Å². The third-order valence-electron chi connectivity index (χ3n) is 4.42. The number of ether oxygens (including phenoxy) is 1. The Hall–Kier alpha value is -2.74. The van der Waals surface area contributed by atoms with E-state index in [2.05, 4.69) is 15.3 Å². The molecule has 0 atom stereocenters. The van der Waals surface area contributed by atoms with Gasteiger partial charge in [-0.05, 0) is 38.0 Å². The van der Waals surface area contributed by atoms with Gasteiger partial charge in [0.1, 0.15) is 16.3 Å². The second kappa shape index (κ2) is 6.53. The average Bonchev–Trinajstić information content (AvgIpc) is 3.22. The monoisotopic (exact) mass is 370 g/mol. The molecule has 26 heavy (non-hydrogen) atoms. The minimum Gasteiger partial charge on any atom is -0.476 e. The highest BCUT2D eigenvalue weighted by Crippen LogP contribution is 2.30. The molecule has 1 aliphatic heterocycles. The molecule has 3 aromatic rings. The van der Waals surface area contributed by atoms with Crippen LogP contribution in [0.1, 0.15) is 34.4 Å². The van der Waals surface area contributed by atoms with Crippen LogP contribution in [-0.4, -0.2) is 27.0 Å². The fourth-order valence-electron chi connectivity index (χ4n) is 3.21. The van der Waals surface area contributed by atoms with E-state index in [0.29, 0.717) is 45.4 Å². The Balaban J connectivity index is 1.74. The molecule has 4 heterocycles. The zero-order valence-electron chi connectivity index (χ0n) is 14.5. The first-order valence-corrected chi connectivity index (χ1v) is 9.33. The number of aromatic nitrogens is 3. The number of carbonyl (C=O) groups excluding carboxylic acids is 1. The number of hydrogen-bond donors (Lipinski definition) is 1. The van der Waals surface area contributed by atoms with Crippen molar-refractivity contribution < 1.29 is 9.53 Å². The predicted octanol–water partition coefficient (Wildman–Crippen LogP) is 2.76. The van der Waals surface area contributed by atoms with Gasteiger partial charge in [0.25, 0.3) is 11.5 Å². The highest BCUT2D eigenvalue weighted by atomic mass is 32.1. The van der Waals surface area contributed by atoms with Crippen molar-refractivity contribution >= 4 is 33.1 Å². The van der Waals surface area contributed by atoms with Crippen molar-refractivity contribution in [2.75, 3.05) is 11.9 Å². The van der Waals surface area contributed by atoms with Crippen LogP contribution in [0.5, 0.6) is 5.88 Å². The van der Waals surface area contributed by atoms with E-state index in [4.69, 9.17) is 4.74 Å². The quantitative estimate of drug-likeness (QED) is 0.763. The van der Waals surface area contributed by atoms with Crippen LogP contribution in [0.3, 0.4) is 0 Å². The summed E-state index contributed by atoms with van der Waals surface area (Å²) in [5, 5.41) is 3.38. The van der Waals surface area contributed by atoms with Crippen LogP contribution in [0.2, 0.25) is 0 Å². The highest BCUT2D eigenvalue weighted by molar-refractivity contribution is 7.20. The fraction of sp³-hybridized carbons (Fsp3) is 0.333. The average molecular weight is 370 g/mol. The van der Waals surface area contributed by atoms with Gasteiger partial charge in [-0.1, -0.05) is 0 Å². The van der Waals surface area contributed by atoms with Crippen LogP contribution in [0.15, 0.2) is 23.1 Å². The molecular formula is C18H18N4O3S. The molecule has 0 spiro atoms. The first-order valence-electron chi connectivity index (χ1n) is 8.52. The van der Waals surface area contributed by atoms with Gasteiger partial charge in [0.2, 0.25) is 5.88 Å². The summed E-state index contributed by atoms with van der Waals surface area (Å²) in [6.45, 7) is 4.80. The number of thiophene rings is 1. The van der Waals surface area contributed by atoms with Gasteiger partial charge in [0.15, 0.2) is 0 Å². The summed E-state index contributed by atoms with van der Waals surface area (Å²) >= 11 is 1.25. The van der Waals surface area contributed by atoms with Crippen molar-refractivity contribution in [3.63, 3.8) is 0 Å². The molecule has 8 heteroatoms. The standard InChI is InChI=1S/C18H18N4O3S/c1-3-25-16-11(6-4-8-19-16)20-15(23)14-10(2)13-17(26-14)21-12-7-5-9-22(12)18(13)24/h4,6,8H,3,5,7,9H2,1-2H3,(H,20,23). The first-order chi connectivity index (χ1) is 12.6. The molecule has 4 rings (SSSR count). The minimum absolute atomic E-state index is 0.0494. The second-order valence-corrected chi connectivity index (χ2v) is 7.07. The molecule has 1 aliphatic rings. The lowest BCUT2D eigenvalue weighted by Gasteiger charge is -2.09. The molecule has 1 N–H and O–H groups in total. The molecule has 1 amide bonds. The Morgan fingerprint density at radius 2 is 2.31 bits per heavy atom. The summed E-state index contributed by atoms with van der Waals surface area (Å²) < 4.78 is 7.17. The molecule has 0 unspecified atom stereocenters. The summed E-state index contributed by atoms with van der Waals surface area (Å²) in [6.07, 6.45) is 3.35. The van der Waals surface area contributed by atoms with Gasteiger partial charge in [0.05, 0.1) is 16.9 Å². The molecule has 0 aliphatic carbocycles. The highest BCUT2D eigenvalue weighted by Gasteiger charge is 2.23. The van der Waals surface area contributed by atoms with Crippen molar-refractivity contribution in [3.8, 4) is 5.88 Å². The summed E-state index contributed by atoms with van der Waals surface area (Å²) in [6, 6.07) is 3.47. The van der Waals surface area contributed by atoms with E-state index in [1.165, 1.54) is 11.3 Å². The zero-order chi connectivity index (χ0) is 18.3. The van der Waals surface area contributed by atoms with Gasteiger partial charge in [-0.15, -0.1) is 11.3 Å². The van der Waals surface area contributed by atoms with E-state index in [-0.39, 0.29) is 11.5 Å². The number of aryl methyl sites for hydroxylation is 2. The van der Waals surface area contributed by atoms with Gasteiger partial charge in [0, 0.05) is 19.2 Å². The van der Waals surface area contributed by atoms with Crippen LogP contribution in [-0.2, 0) is 13.0 Å². The van der Waals surface area contributed by atoms with Crippen LogP contribution in [0.25, 0.3) is 10.2 Å². The van der Waals surface area contributed by atoms with E-state index in [0.717, 1.165) is 18.7 Å². The van der Waals surface area contributed by atoms with Crippen molar-refractivity contribution in [1.82, 2.24) is 14.5 Å². The van der Waals surface area contributed by atoms with Crippen molar-refractivity contribution in [1.29, 1.82) is 0 Å². The Morgan fingerprint density at radius 3 is 3.12 bits per heavy atom. The van der Waals surface area contributed by atoms with Crippen molar-refractivity contribution in [2.24, 2.45) is 0 Å². The van der Waals surface area contributed by atoms with Gasteiger partial charge < -0.3 is 10.1 Å². The number of nitrogens with one attached hydrogen (secondary N) is 1. The maximum atomic E-state index is 12.8. The Morgan fingerprint density at radius 1 is 1.46 bits per heavy atom. The number of fused-ring (bicyclic) bond motifs is 2. The van der Waals surface area contributed by atoms with E-state index in [1.54, 1.807) is 29.8 Å². The molecular weight excluding hydrogens is 352 g/mol. The SMILES string of the molecule is CCOc1ncccc1NC(=O)c1sc2nc3n(c(=O)c2c1C)CCC3. The normalized spacial score (nSPS) is 13.0. The largest absolute Gasteiger partial charge is 0.476 e. The van der Waals surface area contributed by atoms with Crippen LogP contribution in [0.4, 0.5) is 5.69 Å². The van der Waals surface area contributed by atoms with Crippen LogP contribution in [0, 0.1) is 6.92 Å². The lowest BCUT2D eigenvalue weighted by Crippen LogP contribution is -2.20. The molecule has 0 saturated heterocycles. The minimum atomic E-state index is -0.288. The number of amides is 1. The lowest BCUT2D eigenvalue weighted by molar-refractivity contribution is 0.102. The Kier molecular flexibility index (Phi) is 4.20. The third-order valence-corrected chi connectivity index (χ3v) is 5.60. The first kappa shape index (κ1) is 16.7. The van der Waals surface area contributed by atoms with E-state index in [9.17, 15) is 9.59 Å². The van der Waals surface area contributed by atoms with Crippen molar-refractivity contribution in [3.05, 3.63) is 44.9 Å². The summed E-state index contributed by atoms with van der Waals surface area (Å²) in [5.41, 5.74) is 1.12. The topological polar surface area (TPSA) is 86.1 Å². The number of hydrogen-bond acceptors (Lipinski definition) is 6. The summed E-state index contributed by atoms with van der Waals surface area (Å²) in [5.74, 6) is 0.893.